The summed E-state index contributed by atoms with van der Waals surface area (Å²) in [6.07, 6.45) is 1.72. The summed E-state index contributed by atoms with van der Waals surface area (Å²) in [7, 11) is 1.45. The lowest BCUT2D eigenvalue weighted by Crippen LogP contribution is -2.28. The van der Waals surface area contributed by atoms with Gasteiger partial charge in [0.15, 0.2) is 11.5 Å². The third kappa shape index (κ3) is 3.30. The smallest absolute Gasteiger partial charge is 0.335 e. The first-order chi connectivity index (χ1) is 9.11. The Balaban J connectivity index is 2.25. The van der Waals surface area contributed by atoms with Gasteiger partial charge in [-0.25, -0.2) is 4.79 Å². The van der Waals surface area contributed by atoms with Gasteiger partial charge >= 0.3 is 5.97 Å². The van der Waals surface area contributed by atoms with Crippen LogP contribution < -0.4 is 9.47 Å². The molecule has 6 heteroatoms. The zero-order valence-electron chi connectivity index (χ0n) is 10.5. The van der Waals surface area contributed by atoms with E-state index >= 15 is 0 Å². The van der Waals surface area contributed by atoms with E-state index in [1.165, 1.54) is 19.2 Å². The molecule has 0 radical (unpaired) electrons. The molecule has 1 saturated heterocycles. The second-order valence-electron chi connectivity index (χ2n) is 4.25. The molecule has 104 valence electrons. The van der Waals surface area contributed by atoms with Crippen LogP contribution in [0.4, 0.5) is 0 Å². The molecule has 0 spiro atoms. The lowest BCUT2D eigenvalue weighted by atomic mass is 10.1. The Hall–Kier alpha value is -1.46. The third-order valence-corrected chi connectivity index (χ3v) is 3.16. The van der Waals surface area contributed by atoms with Crippen LogP contribution in [0, 0.1) is 0 Å². The normalized spacial score (nSPS) is 18.9. The topological polar surface area (TPSA) is 65.0 Å². The summed E-state index contributed by atoms with van der Waals surface area (Å²) >= 11 is 6.07. The minimum absolute atomic E-state index is 0.0640. The molecule has 1 unspecified atom stereocenters. The fourth-order valence-corrected chi connectivity index (χ4v) is 2.18. The number of benzene rings is 1. The Morgan fingerprint density at radius 2 is 2.32 bits per heavy atom. The van der Waals surface area contributed by atoms with E-state index < -0.39 is 5.97 Å². The van der Waals surface area contributed by atoms with Gasteiger partial charge in [0.05, 0.1) is 24.3 Å². The monoisotopic (exact) mass is 286 g/mol. The summed E-state index contributed by atoms with van der Waals surface area (Å²) in [6.45, 7) is 1.24. The fraction of sp³-hybridized carbons (Fsp3) is 0.462. The number of methoxy groups -OCH3 is 1. The van der Waals surface area contributed by atoms with E-state index in [0.717, 1.165) is 19.4 Å². The number of rotatable bonds is 4. The summed E-state index contributed by atoms with van der Waals surface area (Å²) in [4.78, 5) is 10.9. The van der Waals surface area contributed by atoms with Gasteiger partial charge in [-0.1, -0.05) is 11.6 Å². The number of ether oxygens (including phenoxy) is 3. The second-order valence-corrected chi connectivity index (χ2v) is 4.66. The maximum Gasteiger partial charge on any atom is 0.335 e. The van der Waals surface area contributed by atoms with Crippen molar-refractivity contribution in [2.75, 3.05) is 20.3 Å². The van der Waals surface area contributed by atoms with Crippen LogP contribution in [0.3, 0.4) is 0 Å². The highest BCUT2D eigenvalue weighted by molar-refractivity contribution is 6.32. The van der Waals surface area contributed by atoms with Crippen LogP contribution >= 0.6 is 11.6 Å². The van der Waals surface area contributed by atoms with E-state index in [0.29, 0.717) is 18.1 Å². The van der Waals surface area contributed by atoms with Gasteiger partial charge in [0.2, 0.25) is 0 Å². The molecule has 5 nitrogen and oxygen atoms in total. The van der Waals surface area contributed by atoms with Crippen molar-refractivity contribution in [3.05, 3.63) is 22.7 Å². The van der Waals surface area contributed by atoms with Crippen LogP contribution in [0.25, 0.3) is 0 Å². The third-order valence-electron chi connectivity index (χ3n) is 2.88. The van der Waals surface area contributed by atoms with E-state index in [2.05, 4.69) is 0 Å². The van der Waals surface area contributed by atoms with E-state index in [1.54, 1.807) is 0 Å². The summed E-state index contributed by atoms with van der Waals surface area (Å²) in [5.74, 6) is -0.382. The molecule has 0 aliphatic carbocycles. The first-order valence-electron chi connectivity index (χ1n) is 5.97. The molecule has 1 atom stereocenters. The maximum absolute atomic E-state index is 10.9. The maximum atomic E-state index is 10.9. The minimum Gasteiger partial charge on any atom is -0.493 e. The van der Waals surface area contributed by atoms with Gasteiger partial charge < -0.3 is 19.3 Å². The molecule has 0 bridgehead atoms. The zero-order chi connectivity index (χ0) is 13.8. The molecule has 1 fully saturated rings. The standard InChI is InChI=1S/C13H15ClO5/c1-17-11-6-8(13(15)16)5-10(14)12(11)19-9-3-2-4-18-7-9/h5-6,9H,2-4,7H2,1H3,(H,15,16). The molecular formula is C13H15ClO5. The van der Waals surface area contributed by atoms with Crippen LogP contribution in [-0.4, -0.2) is 37.5 Å². The number of carbonyl (C=O) groups is 1. The molecule has 1 aromatic rings. The summed E-state index contributed by atoms with van der Waals surface area (Å²) in [6, 6.07) is 2.75. The summed E-state index contributed by atoms with van der Waals surface area (Å²) < 4.78 is 16.2. The van der Waals surface area contributed by atoms with Crippen molar-refractivity contribution in [3.63, 3.8) is 0 Å². The molecule has 1 heterocycles. The SMILES string of the molecule is COc1cc(C(=O)O)cc(Cl)c1OC1CCCOC1. The minimum atomic E-state index is -1.06. The Kier molecular flexibility index (Phi) is 4.50. The molecule has 19 heavy (non-hydrogen) atoms. The van der Waals surface area contributed by atoms with Crippen molar-refractivity contribution in [2.24, 2.45) is 0 Å². The lowest BCUT2D eigenvalue weighted by molar-refractivity contribution is 0.00647. The summed E-state index contributed by atoms with van der Waals surface area (Å²) in [5.41, 5.74) is 0.0640. The van der Waals surface area contributed by atoms with Gasteiger partial charge in [0.25, 0.3) is 0 Å². The van der Waals surface area contributed by atoms with Gasteiger partial charge in [0, 0.05) is 6.61 Å². The molecule has 0 saturated carbocycles. The number of aromatic carboxylic acids is 1. The molecule has 1 aliphatic heterocycles. The Labute approximate surface area is 116 Å². The molecule has 1 aliphatic rings. The average molecular weight is 287 g/mol. The zero-order valence-corrected chi connectivity index (χ0v) is 11.3. The average Bonchev–Trinajstić information content (AvgIpc) is 2.41. The van der Waals surface area contributed by atoms with Gasteiger partial charge in [-0.15, -0.1) is 0 Å². The highest BCUT2D eigenvalue weighted by atomic mass is 35.5. The van der Waals surface area contributed by atoms with Crippen molar-refractivity contribution >= 4 is 17.6 Å². The Morgan fingerprint density at radius 3 is 2.89 bits per heavy atom. The Morgan fingerprint density at radius 1 is 1.53 bits per heavy atom. The van der Waals surface area contributed by atoms with Crippen LogP contribution in [0.5, 0.6) is 11.5 Å². The van der Waals surface area contributed by atoms with Crippen molar-refractivity contribution in [1.29, 1.82) is 0 Å². The Bertz CT molecular complexity index is 468. The predicted molar refractivity (Wildman–Crippen MR) is 69.4 cm³/mol. The number of carboxylic acids is 1. The van der Waals surface area contributed by atoms with Crippen molar-refractivity contribution in [3.8, 4) is 11.5 Å². The summed E-state index contributed by atoms with van der Waals surface area (Å²) in [5, 5.41) is 9.19. The lowest BCUT2D eigenvalue weighted by Gasteiger charge is -2.24. The molecule has 2 rings (SSSR count). The molecule has 1 aromatic carbocycles. The molecule has 0 aromatic heterocycles. The first-order valence-corrected chi connectivity index (χ1v) is 6.35. The highest BCUT2D eigenvalue weighted by Gasteiger charge is 2.21. The van der Waals surface area contributed by atoms with Crippen molar-refractivity contribution < 1.29 is 24.1 Å². The number of carboxylic acid groups (broad SMARTS) is 1. The van der Waals surface area contributed by atoms with Crippen molar-refractivity contribution in [1.82, 2.24) is 0 Å². The fourth-order valence-electron chi connectivity index (χ4n) is 1.93. The second kappa shape index (κ2) is 6.12. The quantitative estimate of drug-likeness (QED) is 0.921. The van der Waals surface area contributed by atoms with Gasteiger partial charge in [0.1, 0.15) is 6.10 Å². The van der Waals surface area contributed by atoms with Crippen LogP contribution in [-0.2, 0) is 4.74 Å². The van der Waals surface area contributed by atoms with Gasteiger partial charge in [-0.05, 0) is 25.0 Å². The van der Waals surface area contributed by atoms with E-state index in [1.807, 2.05) is 0 Å². The number of halogens is 1. The molecule has 1 N–H and O–H groups in total. The highest BCUT2D eigenvalue weighted by Crippen LogP contribution is 2.37. The first kappa shape index (κ1) is 14.0. The van der Waals surface area contributed by atoms with E-state index in [4.69, 9.17) is 30.9 Å². The van der Waals surface area contributed by atoms with Crippen LogP contribution in [0.15, 0.2) is 12.1 Å². The molecule has 0 amide bonds. The van der Waals surface area contributed by atoms with Gasteiger partial charge in [-0.3, -0.25) is 0 Å². The predicted octanol–water partition coefficient (Wildman–Crippen LogP) is 2.60. The molecular weight excluding hydrogens is 272 g/mol. The largest absolute Gasteiger partial charge is 0.493 e. The van der Waals surface area contributed by atoms with Crippen LogP contribution in [0.2, 0.25) is 5.02 Å². The number of hydrogen-bond donors (Lipinski definition) is 1. The van der Waals surface area contributed by atoms with Gasteiger partial charge in [-0.2, -0.15) is 0 Å². The van der Waals surface area contributed by atoms with E-state index in [-0.39, 0.29) is 16.7 Å². The van der Waals surface area contributed by atoms with E-state index in [9.17, 15) is 4.79 Å². The number of hydrogen-bond acceptors (Lipinski definition) is 4. The van der Waals surface area contributed by atoms with Crippen molar-refractivity contribution in [2.45, 2.75) is 18.9 Å². The van der Waals surface area contributed by atoms with Crippen LogP contribution in [0.1, 0.15) is 23.2 Å².